The molecular formula is C54H44N6O4S. The number of anilines is 4. The second-order valence-corrected chi connectivity index (χ2v) is 16.3. The lowest BCUT2D eigenvalue weighted by Crippen LogP contribution is -2.14. The third kappa shape index (κ3) is 9.25. The van der Waals surface area contributed by atoms with Gasteiger partial charge < -0.3 is 20.8 Å². The van der Waals surface area contributed by atoms with E-state index in [-0.39, 0.29) is 10.9 Å². The van der Waals surface area contributed by atoms with Crippen LogP contribution in [0.5, 0.6) is 0 Å². The molecule has 0 bridgehead atoms. The van der Waals surface area contributed by atoms with Crippen molar-refractivity contribution in [1.82, 2.24) is 19.1 Å². The molecule has 320 valence electrons. The van der Waals surface area contributed by atoms with E-state index in [9.17, 15) is 19.8 Å². The van der Waals surface area contributed by atoms with Crippen LogP contribution in [0.1, 0.15) is 46.5 Å². The van der Waals surface area contributed by atoms with Gasteiger partial charge in [-0.25, -0.2) is 0 Å². The van der Waals surface area contributed by atoms with Crippen LogP contribution in [0.4, 0.5) is 23.0 Å². The van der Waals surface area contributed by atoms with Gasteiger partial charge in [-0.3, -0.25) is 28.7 Å². The molecule has 10 rings (SSSR count). The molecule has 10 nitrogen and oxygen atoms in total. The van der Waals surface area contributed by atoms with Crippen molar-refractivity contribution in [3.8, 4) is 11.4 Å². The molecule has 2 unspecified atom stereocenters. The second-order valence-electron chi connectivity index (χ2n) is 15.3. The molecule has 0 spiro atoms. The van der Waals surface area contributed by atoms with Crippen LogP contribution in [0, 0.1) is 0 Å². The van der Waals surface area contributed by atoms with E-state index in [0.29, 0.717) is 44.8 Å². The van der Waals surface area contributed by atoms with Gasteiger partial charge in [0.25, 0.3) is 0 Å². The van der Waals surface area contributed by atoms with Gasteiger partial charge in [-0.15, -0.1) is 11.3 Å². The highest BCUT2D eigenvalue weighted by Crippen LogP contribution is 2.31. The molecule has 0 aliphatic heterocycles. The predicted molar refractivity (Wildman–Crippen MR) is 262 cm³/mol. The maximum atomic E-state index is 13.1. The summed E-state index contributed by atoms with van der Waals surface area (Å²) in [5.74, 6) is 1.27. The van der Waals surface area contributed by atoms with Crippen LogP contribution in [0.25, 0.3) is 33.2 Å². The van der Waals surface area contributed by atoms with Gasteiger partial charge in [0.1, 0.15) is 23.8 Å². The summed E-state index contributed by atoms with van der Waals surface area (Å²) >= 11 is 1.47. The van der Waals surface area contributed by atoms with E-state index in [1.54, 1.807) is 30.6 Å². The monoisotopic (exact) mass is 872 g/mol. The summed E-state index contributed by atoms with van der Waals surface area (Å²) in [6.45, 7) is 2.08. The summed E-state index contributed by atoms with van der Waals surface area (Å²) < 4.78 is 3.97. The molecule has 0 saturated carbocycles. The Morgan fingerprint density at radius 3 is 1.48 bits per heavy atom. The Bertz CT molecular complexity index is 3330. The van der Waals surface area contributed by atoms with Crippen LogP contribution >= 0.6 is 11.3 Å². The van der Waals surface area contributed by atoms with E-state index in [2.05, 4.69) is 27.5 Å². The topological polar surface area (TPSA) is 134 Å². The van der Waals surface area contributed by atoms with E-state index in [0.717, 1.165) is 45.2 Å². The maximum Gasteiger partial charge on any atom is 0.193 e. The normalized spacial score (nSPS) is 12.0. The van der Waals surface area contributed by atoms with Crippen molar-refractivity contribution in [2.24, 2.45) is 0 Å². The van der Waals surface area contributed by atoms with Crippen LogP contribution in [0.15, 0.2) is 209 Å². The molecule has 5 heterocycles. The Labute approximate surface area is 379 Å². The molecule has 0 aliphatic rings. The molecule has 11 heteroatoms. The summed E-state index contributed by atoms with van der Waals surface area (Å²) in [4.78, 5) is 35.6. The van der Waals surface area contributed by atoms with Gasteiger partial charge in [0.2, 0.25) is 0 Å². The number of aryl methyl sites for hydroxylation is 1. The number of thiophene rings is 1. The Hall–Kier alpha value is -7.96. The minimum absolute atomic E-state index is 0.134. The number of aliphatic hydroxyl groups excluding tert-OH is 2. The number of aromatic nitrogens is 4. The first-order valence-electron chi connectivity index (χ1n) is 21.2. The number of aliphatic hydroxyl groups is 2. The molecule has 0 amide bonds. The number of rotatable bonds is 11. The van der Waals surface area contributed by atoms with Crippen LogP contribution < -0.4 is 21.5 Å². The average Bonchev–Trinajstić information content (AvgIpc) is 3.90. The number of hydrogen-bond acceptors (Lipinski definition) is 9. The summed E-state index contributed by atoms with van der Waals surface area (Å²) in [6, 6.07) is 57.5. The van der Waals surface area contributed by atoms with E-state index in [1.807, 2.05) is 178 Å². The van der Waals surface area contributed by atoms with Gasteiger partial charge in [0.15, 0.2) is 10.9 Å². The Morgan fingerprint density at radius 2 is 1.02 bits per heavy atom. The molecule has 2 atom stereocenters. The van der Waals surface area contributed by atoms with Crippen LogP contribution in [0.3, 0.4) is 0 Å². The summed E-state index contributed by atoms with van der Waals surface area (Å²) in [5.41, 5.74) is 7.52. The molecule has 4 N–H and O–H groups in total. The number of pyridine rings is 4. The lowest BCUT2D eigenvalue weighted by molar-refractivity contribution is 0.215. The van der Waals surface area contributed by atoms with E-state index < -0.39 is 12.2 Å². The van der Waals surface area contributed by atoms with Crippen molar-refractivity contribution in [1.29, 1.82) is 0 Å². The zero-order chi connectivity index (χ0) is 44.7. The van der Waals surface area contributed by atoms with Gasteiger partial charge >= 0.3 is 0 Å². The predicted octanol–water partition coefficient (Wildman–Crippen LogP) is 11.0. The smallest absolute Gasteiger partial charge is 0.193 e. The van der Waals surface area contributed by atoms with Gasteiger partial charge in [-0.05, 0) is 89.7 Å². The average molecular weight is 873 g/mol. The van der Waals surface area contributed by atoms with Gasteiger partial charge in [-0.2, -0.15) is 0 Å². The Kier molecular flexibility index (Phi) is 12.5. The SMILES string of the molecule is CCc1cccc(C(O)c2cc3c(cn2)c(=O)cc(Nc2ccccc2)n3-c2ccccc2)c1.O=c1cc(Nc2ccccc2)n(-c2ccccc2)c2cc(C(O)c3cccs3)ncc12. The highest BCUT2D eigenvalue weighted by Gasteiger charge is 2.19. The van der Waals surface area contributed by atoms with E-state index in [4.69, 9.17) is 0 Å². The highest BCUT2D eigenvalue weighted by molar-refractivity contribution is 7.10. The zero-order valence-electron chi connectivity index (χ0n) is 35.3. The molecule has 5 aromatic heterocycles. The molecule has 65 heavy (non-hydrogen) atoms. The Morgan fingerprint density at radius 1 is 0.538 bits per heavy atom. The van der Waals surface area contributed by atoms with Gasteiger partial charge in [-0.1, -0.05) is 110 Å². The molecular weight excluding hydrogens is 829 g/mol. The van der Waals surface area contributed by atoms with Crippen molar-refractivity contribution in [3.63, 3.8) is 0 Å². The fourth-order valence-corrected chi connectivity index (χ4v) is 8.46. The van der Waals surface area contributed by atoms with E-state index >= 15 is 0 Å². The molecule has 0 saturated heterocycles. The second kappa shape index (κ2) is 19.2. The quantitative estimate of drug-likeness (QED) is 0.101. The first kappa shape index (κ1) is 42.3. The Balaban J connectivity index is 0.000000165. The summed E-state index contributed by atoms with van der Waals surface area (Å²) in [7, 11) is 0. The van der Waals surface area contributed by atoms with E-state index in [1.165, 1.54) is 11.3 Å². The minimum Gasteiger partial charge on any atom is -0.382 e. The van der Waals surface area contributed by atoms with Crippen LogP contribution in [0.2, 0.25) is 0 Å². The van der Waals surface area contributed by atoms with Crippen molar-refractivity contribution >= 4 is 56.2 Å². The lowest BCUT2D eigenvalue weighted by Gasteiger charge is -2.19. The fourth-order valence-electron chi connectivity index (χ4n) is 7.74. The number of benzene rings is 5. The first-order chi connectivity index (χ1) is 31.8. The van der Waals surface area contributed by atoms with Crippen molar-refractivity contribution in [3.05, 3.63) is 248 Å². The molecule has 10 aromatic rings. The van der Waals surface area contributed by atoms with Crippen molar-refractivity contribution < 1.29 is 10.2 Å². The third-order valence-electron chi connectivity index (χ3n) is 11.0. The van der Waals surface area contributed by atoms with Gasteiger partial charge in [0, 0.05) is 52.2 Å². The maximum absolute atomic E-state index is 13.1. The number of para-hydroxylation sites is 4. The highest BCUT2D eigenvalue weighted by atomic mass is 32.1. The van der Waals surface area contributed by atoms with Crippen molar-refractivity contribution in [2.45, 2.75) is 25.6 Å². The van der Waals surface area contributed by atoms with Gasteiger partial charge in [0.05, 0.1) is 33.2 Å². The van der Waals surface area contributed by atoms with Crippen LogP contribution in [-0.4, -0.2) is 29.3 Å². The lowest BCUT2D eigenvalue weighted by atomic mass is 10.0. The fraction of sp³-hybridized carbons (Fsp3) is 0.0741. The molecule has 5 aromatic carbocycles. The molecule has 0 radical (unpaired) electrons. The minimum atomic E-state index is -0.902. The number of fused-ring (bicyclic) bond motifs is 2. The standard InChI is InChI=1S/C29H25N3O2.C25H19N3O2S/c1-2-20-10-9-11-21(16-20)29(34)25-17-26-24(19-30-25)27(33)18-28(31-22-12-5-3-6-13-22)32(26)23-14-7-4-8-15-23;29-22-15-24(27-17-8-3-1-4-9-17)28(18-10-5-2-6-11-18)21-14-20(26-16-19(21)22)25(30)23-12-7-13-31-23/h3-19,29,31,34H,2H2,1H3;1-16,25,27,30H. The molecule has 0 aliphatic carbocycles. The molecule has 0 fully saturated rings. The summed E-state index contributed by atoms with van der Waals surface area (Å²) in [6.07, 6.45) is 2.24. The third-order valence-corrected chi connectivity index (χ3v) is 11.9. The zero-order valence-corrected chi connectivity index (χ0v) is 36.1. The largest absolute Gasteiger partial charge is 0.382 e. The first-order valence-corrected chi connectivity index (χ1v) is 22.1. The summed E-state index contributed by atoms with van der Waals surface area (Å²) in [5, 5.41) is 31.6. The van der Waals surface area contributed by atoms with Crippen molar-refractivity contribution in [2.75, 3.05) is 10.6 Å². The van der Waals surface area contributed by atoms with Crippen LogP contribution in [-0.2, 0) is 6.42 Å². The number of nitrogens with one attached hydrogen (secondary N) is 2. The number of nitrogens with zero attached hydrogens (tertiary/aromatic N) is 4. The number of hydrogen-bond donors (Lipinski definition) is 4.